The molecule has 0 saturated carbocycles. The lowest BCUT2D eigenvalue weighted by atomic mass is 9.88. The summed E-state index contributed by atoms with van der Waals surface area (Å²) in [5.74, 6) is -1.46. The lowest BCUT2D eigenvalue weighted by Crippen LogP contribution is -2.40. The molecule has 2 N–H and O–H groups in total. The summed E-state index contributed by atoms with van der Waals surface area (Å²) in [5.41, 5.74) is -0.275. The van der Waals surface area contributed by atoms with Crippen molar-refractivity contribution in [2.45, 2.75) is 19.8 Å². The first-order valence-electron chi connectivity index (χ1n) is 8.33. The first kappa shape index (κ1) is 18.9. The molecule has 0 aromatic heterocycles. The molecule has 1 fully saturated rings. The van der Waals surface area contributed by atoms with Crippen LogP contribution in [0.4, 0.5) is 0 Å². The zero-order valence-corrected chi connectivity index (χ0v) is 14.6. The second-order valence-electron chi connectivity index (χ2n) is 6.33. The highest BCUT2D eigenvalue weighted by Gasteiger charge is 2.46. The molecular weight excluding hydrogens is 324 g/mol. The van der Waals surface area contributed by atoms with E-state index in [0.29, 0.717) is 30.6 Å². The number of carboxylic acids is 1. The van der Waals surface area contributed by atoms with Crippen LogP contribution >= 0.6 is 0 Å². The Bertz CT molecular complexity index is 661. The molecule has 1 aliphatic rings. The number of methoxy groups -OCH3 is 1. The molecule has 1 aromatic carbocycles. The molecule has 1 unspecified atom stereocenters. The maximum atomic E-state index is 12.7. The van der Waals surface area contributed by atoms with Gasteiger partial charge >= 0.3 is 5.97 Å². The van der Waals surface area contributed by atoms with Gasteiger partial charge in [0.05, 0.1) is 6.61 Å². The van der Waals surface area contributed by atoms with Gasteiger partial charge in [0, 0.05) is 37.9 Å². The number of nitrogens with one attached hydrogen (secondary N) is 1. The highest BCUT2D eigenvalue weighted by Crippen LogP contribution is 2.32. The SMILES string of the molecule is CCCNC(=O)c1cccc(C(=O)N2CCC(COC)(C(=O)O)C2)c1. The summed E-state index contributed by atoms with van der Waals surface area (Å²) in [7, 11) is 1.45. The Morgan fingerprint density at radius 1 is 1.32 bits per heavy atom. The Hall–Kier alpha value is -2.41. The van der Waals surface area contributed by atoms with Crippen LogP contribution in [0.25, 0.3) is 0 Å². The van der Waals surface area contributed by atoms with Crippen molar-refractivity contribution in [2.24, 2.45) is 5.41 Å². The summed E-state index contributed by atoms with van der Waals surface area (Å²) in [5, 5.41) is 12.3. The minimum absolute atomic E-state index is 0.0611. The van der Waals surface area contributed by atoms with Gasteiger partial charge in [-0.05, 0) is 31.0 Å². The predicted molar refractivity (Wildman–Crippen MR) is 91.5 cm³/mol. The van der Waals surface area contributed by atoms with E-state index in [1.807, 2.05) is 6.92 Å². The summed E-state index contributed by atoms with van der Waals surface area (Å²) in [4.78, 5) is 37.9. The smallest absolute Gasteiger partial charge is 0.313 e. The molecule has 2 rings (SSSR count). The van der Waals surface area contributed by atoms with Crippen LogP contribution in [0.15, 0.2) is 24.3 Å². The minimum atomic E-state index is -1.07. The third-order valence-corrected chi connectivity index (χ3v) is 4.42. The van der Waals surface area contributed by atoms with Crippen molar-refractivity contribution in [3.8, 4) is 0 Å². The Morgan fingerprint density at radius 3 is 2.68 bits per heavy atom. The topological polar surface area (TPSA) is 95.9 Å². The van der Waals surface area contributed by atoms with Crippen LogP contribution in [0.2, 0.25) is 0 Å². The van der Waals surface area contributed by atoms with E-state index in [0.717, 1.165) is 6.42 Å². The van der Waals surface area contributed by atoms with Crippen molar-refractivity contribution in [1.82, 2.24) is 10.2 Å². The fourth-order valence-corrected chi connectivity index (χ4v) is 2.99. The van der Waals surface area contributed by atoms with Gasteiger partial charge < -0.3 is 20.1 Å². The number of ether oxygens (including phenoxy) is 1. The molecule has 1 aromatic rings. The quantitative estimate of drug-likeness (QED) is 0.776. The maximum Gasteiger partial charge on any atom is 0.313 e. The van der Waals surface area contributed by atoms with Crippen LogP contribution < -0.4 is 5.32 Å². The van der Waals surface area contributed by atoms with Gasteiger partial charge in [-0.1, -0.05) is 13.0 Å². The maximum absolute atomic E-state index is 12.7. The van der Waals surface area contributed by atoms with Crippen LogP contribution in [0.1, 0.15) is 40.5 Å². The number of benzene rings is 1. The van der Waals surface area contributed by atoms with E-state index < -0.39 is 11.4 Å². The standard InChI is InChI=1S/C18H24N2O5/c1-3-8-19-15(21)13-5-4-6-14(10-13)16(22)20-9-7-18(11-20,12-25-2)17(23)24/h4-6,10H,3,7-9,11-12H2,1-2H3,(H,19,21)(H,23,24). The first-order chi connectivity index (χ1) is 11.9. The molecule has 1 heterocycles. The summed E-state index contributed by atoms with van der Waals surface area (Å²) in [6.07, 6.45) is 1.17. The summed E-state index contributed by atoms with van der Waals surface area (Å²) in [6, 6.07) is 6.49. The summed E-state index contributed by atoms with van der Waals surface area (Å²) >= 11 is 0. The Morgan fingerprint density at radius 2 is 2.04 bits per heavy atom. The summed E-state index contributed by atoms with van der Waals surface area (Å²) < 4.78 is 5.04. The Kier molecular flexibility index (Phi) is 6.14. The number of rotatable bonds is 7. The number of carboxylic acid groups (broad SMARTS) is 1. The minimum Gasteiger partial charge on any atom is -0.481 e. The van der Waals surface area contributed by atoms with Crippen LogP contribution in [-0.2, 0) is 9.53 Å². The highest BCUT2D eigenvalue weighted by molar-refractivity contribution is 6.00. The predicted octanol–water partition coefficient (Wildman–Crippen LogP) is 1.39. The second-order valence-corrected chi connectivity index (χ2v) is 6.33. The lowest BCUT2D eigenvalue weighted by Gasteiger charge is -2.23. The molecule has 7 heteroatoms. The average molecular weight is 348 g/mol. The fraction of sp³-hybridized carbons (Fsp3) is 0.500. The number of amides is 2. The van der Waals surface area contributed by atoms with Gasteiger partial charge in [-0.25, -0.2) is 0 Å². The zero-order chi connectivity index (χ0) is 18.4. The molecule has 25 heavy (non-hydrogen) atoms. The van der Waals surface area contributed by atoms with Crippen LogP contribution in [0, 0.1) is 5.41 Å². The Labute approximate surface area is 147 Å². The van der Waals surface area contributed by atoms with E-state index in [4.69, 9.17) is 4.74 Å². The molecule has 136 valence electrons. The van der Waals surface area contributed by atoms with Crippen molar-refractivity contribution in [2.75, 3.05) is 33.4 Å². The van der Waals surface area contributed by atoms with Gasteiger partial charge in [0.15, 0.2) is 0 Å². The largest absolute Gasteiger partial charge is 0.481 e. The number of aliphatic carboxylic acids is 1. The third kappa shape index (κ3) is 4.17. The molecule has 2 amide bonds. The number of likely N-dealkylation sites (tertiary alicyclic amines) is 1. The first-order valence-corrected chi connectivity index (χ1v) is 8.33. The van der Waals surface area contributed by atoms with Gasteiger partial charge in [-0.15, -0.1) is 0 Å². The van der Waals surface area contributed by atoms with Gasteiger partial charge in [-0.3, -0.25) is 14.4 Å². The van der Waals surface area contributed by atoms with Gasteiger partial charge in [0.25, 0.3) is 11.8 Å². The second kappa shape index (κ2) is 8.11. The molecule has 0 radical (unpaired) electrons. The average Bonchev–Trinajstić information content (AvgIpc) is 3.05. The van der Waals surface area contributed by atoms with Crippen molar-refractivity contribution < 1.29 is 24.2 Å². The third-order valence-electron chi connectivity index (χ3n) is 4.42. The molecule has 1 saturated heterocycles. The van der Waals surface area contributed by atoms with E-state index in [2.05, 4.69) is 5.32 Å². The van der Waals surface area contributed by atoms with Crippen LogP contribution in [0.3, 0.4) is 0 Å². The number of hydrogen-bond acceptors (Lipinski definition) is 4. The number of nitrogens with zero attached hydrogens (tertiary/aromatic N) is 1. The Balaban J connectivity index is 2.13. The molecule has 1 atom stereocenters. The molecule has 7 nitrogen and oxygen atoms in total. The van der Waals surface area contributed by atoms with Crippen LogP contribution in [0.5, 0.6) is 0 Å². The van der Waals surface area contributed by atoms with E-state index in [1.165, 1.54) is 12.0 Å². The van der Waals surface area contributed by atoms with Crippen molar-refractivity contribution in [3.05, 3.63) is 35.4 Å². The summed E-state index contributed by atoms with van der Waals surface area (Å²) in [6.45, 7) is 3.04. The zero-order valence-electron chi connectivity index (χ0n) is 14.6. The molecule has 0 aliphatic carbocycles. The number of carbonyl (C=O) groups excluding carboxylic acids is 2. The fourth-order valence-electron chi connectivity index (χ4n) is 2.99. The van der Waals surface area contributed by atoms with E-state index in [9.17, 15) is 19.5 Å². The van der Waals surface area contributed by atoms with Gasteiger partial charge in [0.1, 0.15) is 5.41 Å². The molecule has 0 spiro atoms. The molecule has 1 aliphatic heterocycles. The van der Waals surface area contributed by atoms with Crippen LogP contribution in [-0.4, -0.2) is 61.1 Å². The van der Waals surface area contributed by atoms with E-state index >= 15 is 0 Å². The van der Waals surface area contributed by atoms with Crippen molar-refractivity contribution in [1.29, 1.82) is 0 Å². The van der Waals surface area contributed by atoms with Gasteiger partial charge in [0.2, 0.25) is 0 Å². The molecular formula is C18H24N2O5. The highest BCUT2D eigenvalue weighted by atomic mass is 16.5. The van der Waals surface area contributed by atoms with E-state index in [-0.39, 0.29) is 25.0 Å². The monoisotopic (exact) mass is 348 g/mol. The number of carbonyl (C=O) groups is 3. The van der Waals surface area contributed by atoms with E-state index in [1.54, 1.807) is 24.3 Å². The number of hydrogen-bond donors (Lipinski definition) is 2. The van der Waals surface area contributed by atoms with Crippen molar-refractivity contribution in [3.63, 3.8) is 0 Å². The normalized spacial score (nSPS) is 19.7. The lowest BCUT2D eigenvalue weighted by molar-refractivity contribution is -0.151. The van der Waals surface area contributed by atoms with Crippen molar-refractivity contribution >= 4 is 17.8 Å². The molecule has 0 bridgehead atoms. The van der Waals surface area contributed by atoms with Gasteiger partial charge in [-0.2, -0.15) is 0 Å².